The summed E-state index contributed by atoms with van der Waals surface area (Å²) in [7, 11) is 5.01. The first-order valence-corrected chi connectivity index (χ1v) is 9.33. The Hall–Kier alpha value is -1.85. The zero-order valence-corrected chi connectivity index (χ0v) is 16.2. The topological polar surface area (TPSA) is 38.8 Å². The summed E-state index contributed by atoms with van der Waals surface area (Å²) in [5.41, 5.74) is 2.11. The van der Waals surface area contributed by atoms with Crippen molar-refractivity contribution in [3.63, 3.8) is 0 Å². The quantitative estimate of drug-likeness (QED) is 0.687. The average Bonchev–Trinajstić information content (AvgIpc) is 2.61. The van der Waals surface area contributed by atoms with Crippen LogP contribution >= 0.6 is 23.4 Å². The molecule has 0 bridgehead atoms. The second-order valence-corrected chi connectivity index (χ2v) is 6.98. The van der Waals surface area contributed by atoms with Gasteiger partial charge in [0.2, 0.25) is 5.91 Å². The van der Waals surface area contributed by atoms with Crippen LogP contribution in [0.4, 0.5) is 0 Å². The molecule has 0 saturated heterocycles. The maximum absolute atomic E-state index is 12.3. The molecule has 0 radical (unpaired) electrons. The SMILES string of the molecule is COc1ccc(CN(C)C(=O)CSCc2cccc(Cl)c2)cc1OC. The van der Waals surface area contributed by atoms with Crippen molar-refractivity contribution in [1.82, 2.24) is 4.90 Å². The van der Waals surface area contributed by atoms with E-state index >= 15 is 0 Å². The third-order valence-electron chi connectivity index (χ3n) is 3.68. The summed E-state index contributed by atoms with van der Waals surface area (Å²) in [4.78, 5) is 14.0. The van der Waals surface area contributed by atoms with Crippen LogP contribution in [0.5, 0.6) is 11.5 Å². The highest BCUT2D eigenvalue weighted by Gasteiger charge is 2.11. The van der Waals surface area contributed by atoms with Gasteiger partial charge < -0.3 is 14.4 Å². The van der Waals surface area contributed by atoms with Crippen LogP contribution in [0.25, 0.3) is 0 Å². The molecule has 0 aliphatic carbocycles. The van der Waals surface area contributed by atoms with Crippen LogP contribution in [0, 0.1) is 0 Å². The van der Waals surface area contributed by atoms with Crippen LogP contribution in [0.3, 0.4) is 0 Å². The summed E-state index contributed by atoms with van der Waals surface area (Å²) in [5.74, 6) is 2.61. The van der Waals surface area contributed by atoms with Crippen molar-refractivity contribution in [2.24, 2.45) is 0 Å². The molecule has 0 heterocycles. The fourth-order valence-electron chi connectivity index (χ4n) is 2.33. The first-order chi connectivity index (χ1) is 12.0. The summed E-state index contributed by atoms with van der Waals surface area (Å²) in [6.07, 6.45) is 0. The number of halogens is 1. The van der Waals surface area contributed by atoms with Crippen molar-refractivity contribution in [1.29, 1.82) is 0 Å². The standard InChI is InChI=1S/C19H22ClNO3S/c1-21(11-14-7-8-17(23-2)18(10-14)24-3)19(22)13-25-12-15-5-4-6-16(20)9-15/h4-10H,11-13H2,1-3H3. The van der Waals surface area contributed by atoms with Gasteiger partial charge in [-0.15, -0.1) is 11.8 Å². The average molecular weight is 380 g/mol. The van der Waals surface area contributed by atoms with E-state index in [1.807, 2.05) is 42.5 Å². The lowest BCUT2D eigenvalue weighted by Crippen LogP contribution is -2.27. The van der Waals surface area contributed by atoms with E-state index in [2.05, 4.69) is 0 Å². The van der Waals surface area contributed by atoms with Gasteiger partial charge in [0.1, 0.15) is 0 Å². The lowest BCUT2D eigenvalue weighted by Gasteiger charge is -2.18. The van der Waals surface area contributed by atoms with Crippen molar-refractivity contribution in [3.05, 3.63) is 58.6 Å². The Kier molecular flexibility index (Phi) is 7.47. The summed E-state index contributed by atoms with van der Waals surface area (Å²) < 4.78 is 10.5. The van der Waals surface area contributed by atoms with Gasteiger partial charge in [-0.25, -0.2) is 0 Å². The highest BCUT2D eigenvalue weighted by molar-refractivity contribution is 7.99. The molecule has 25 heavy (non-hydrogen) atoms. The molecule has 0 aromatic heterocycles. The highest BCUT2D eigenvalue weighted by atomic mass is 35.5. The van der Waals surface area contributed by atoms with Gasteiger partial charge in [0.25, 0.3) is 0 Å². The van der Waals surface area contributed by atoms with Gasteiger partial charge >= 0.3 is 0 Å². The number of hydrogen-bond acceptors (Lipinski definition) is 4. The zero-order chi connectivity index (χ0) is 18.2. The number of rotatable bonds is 8. The van der Waals surface area contributed by atoms with Crippen LogP contribution in [-0.2, 0) is 17.1 Å². The normalized spacial score (nSPS) is 10.4. The number of benzene rings is 2. The Morgan fingerprint density at radius 3 is 2.52 bits per heavy atom. The molecule has 2 aromatic carbocycles. The molecule has 0 aliphatic heterocycles. The number of thioether (sulfide) groups is 1. The van der Waals surface area contributed by atoms with E-state index in [-0.39, 0.29) is 5.91 Å². The maximum atomic E-state index is 12.3. The van der Waals surface area contributed by atoms with Crippen molar-refractivity contribution in [3.8, 4) is 11.5 Å². The molecular formula is C19H22ClNO3S. The number of ether oxygens (including phenoxy) is 2. The van der Waals surface area contributed by atoms with Crippen molar-refractivity contribution < 1.29 is 14.3 Å². The van der Waals surface area contributed by atoms with Crippen molar-refractivity contribution in [2.75, 3.05) is 27.0 Å². The molecule has 4 nitrogen and oxygen atoms in total. The van der Waals surface area contributed by atoms with E-state index in [9.17, 15) is 4.79 Å². The molecule has 0 spiro atoms. The Labute approximate surface area is 158 Å². The Bertz CT molecular complexity index is 724. The minimum Gasteiger partial charge on any atom is -0.493 e. The van der Waals surface area contributed by atoms with Gasteiger partial charge in [-0.3, -0.25) is 4.79 Å². The number of carbonyl (C=O) groups is 1. The van der Waals surface area contributed by atoms with Crippen LogP contribution in [-0.4, -0.2) is 37.8 Å². The van der Waals surface area contributed by atoms with E-state index in [1.54, 1.807) is 37.9 Å². The van der Waals surface area contributed by atoms with Gasteiger partial charge in [0.15, 0.2) is 11.5 Å². The lowest BCUT2D eigenvalue weighted by atomic mass is 10.2. The lowest BCUT2D eigenvalue weighted by molar-refractivity contribution is -0.127. The van der Waals surface area contributed by atoms with E-state index in [4.69, 9.17) is 21.1 Å². The molecule has 2 aromatic rings. The number of hydrogen-bond donors (Lipinski definition) is 0. The van der Waals surface area contributed by atoms with E-state index in [0.717, 1.165) is 21.9 Å². The second-order valence-electron chi connectivity index (χ2n) is 5.56. The molecule has 0 aliphatic rings. The van der Waals surface area contributed by atoms with Crippen molar-refractivity contribution in [2.45, 2.75) is 12.3 Å². The fourth-order valence-corrected chi connectivity index (χ4v) is 3.46. The summed E-state index contributed by atoms with van der Waals surface area (Å²) in [6.45, 7) is 0.525. The van der Waals surface area contributed by atoms with E-state index in [0.29, 0.717) is 23.8 Å². The third-order valence-corrected chi connectivity index (χ3v) is 4.90. The van der Waals surface area contributed by atoms with E-state index in [1.165, 1.54) is 0 Å². The van der Waals surface area contributed by atoms with Gasteiger partial charge in [0.05, 0.1) is 20.0 Å². The Morgan fingerprint density at radius 1 is 1.08 bits per heavy atom. The fraction of sp³-hybridized carbons (Fsp3) is 0.316. The molecule has 0 unspecified atom stereocenters. The molecule has 0 N–H and O–H groups in total. The smallest absolute Gasteiger partial charge is 0.232 e. The van der Waals surface area contributed by atoms with Crippen LogP contribution in [0.15, 0.2) is 42.5 Å². The summed E-state index contributed by atoms with van der Waals surface area (Å²) >= 11 is 7.55. The van der Waals surface area contributed by atoms with Crippen LogP contribution < -0.4 is 9.47 Å². The minimum atomic E-state index is 0.0850. The first-order valence-electron chi connectivity index (χ1n) is 7.80. The summed E-state index contributed by atoms with van der Waals surface area (Å²) in [5, 5.41) is 0.718. The van der Waals surface area contributed by atoms with Gasteiger partial charge in [-0.05, 0) is 35.4 Å². The highest BCUT2D eigenvalue weighted by Crippen LogP contribution is 2.28. The van der Waals surface area contributed by atoms with Gasteiger partial charge in [0, 0.05) is 24.4 Å². The molecule has 2 rings (SSSR count). The second kappa shape index (κ2) is 9.59. The maximum Gasteiger partial charge on any atom is 0.232 e. The van der Waals surface area contributed by atoms with Gasteiger partial charge in [-0.2, -0.15) is 0 Å². The van der Waals surface area contributed by atoms with Crippen LogP contribution in [0.1, 0.15) is 11.1 Å². The predicted octanol–water partition coefficient (Wildman–Crippen LogP) is 4.25. The first kappa shape index (κ1) is 19.5. The predicted molar refractivity (Wildman–Crippen MR) is 104 cm³/mol. The number of amides is 1. The minimum absolute atomic E-state index is 0.0850. The molecule has 6 heteroatoms. The number of methoxy groups -OCH3 is 2. The Balaban J connectivity index is 1.85. The van der Waals surface area contributed by atoms with E-state index < -0.39 is 0 Å². The molecule has 0 atom stereocenters. The van der Waals surface area contributed by atoms with Crippen molar-refractivity contribution >= 4 is 29.3 Å². The number of carbonyl (C=O) groups excluding carboxylic acids is 1. The third kappa shape index (κ3) is 5.87. The molecule has 0 saturated carbocycles. The number of nitrogens with zero attached hydrogens (tertiary/aromatic N) is 1. The molecular weight excluding hydrogens is 358 g/mol. The van der Waals surface area contributed by atoms with Crippen LogP contribution in [0.2, 0.25) is 5.02 Å². The zero-order valence-electron chi connectivity index (χ0n) is 14.6. The van der Waals surface area contributed by atoms with Gasteiger partial charge in [-0.1, -0.05) is 29.8 Å². The summed E-state index contributed by atoms with van der Waals surface area (Å²) in [6, 6.07) is 13.4. The Morgan fingerprint density at radius 2 is 1.84 bits per heavy atom. The monoisotopic (exact) mass is 379 g/mol. The molecule has 0 fully saturated rings. The largest absolute Gasteiger partial charge is 0.493 e. The molecule has 134 valence electrons. The molecule has 1 amide bonds.